The van der Waals surface area contributed by atoms with E-state index >= 15 is 0 Å². The minimum absolute atomic E-state index is 0.0143. The van der Waals surface area contributed by atoms with Crippen LogP contribution < -0.4 is 16.4 Å². The maximum atomic E-state index is 13.6. The van der Waals surface area contributed by atoms with Crippen LogP contribution >= 0.6 is 11.6 Å². The monoisotopic (exact) mass is 279 g/mol. The van der Waals surface area contributed by atoms with Crippen LogP contribution in [-0.4, -0.2) is 6.03 Å². The second-order valence-corrected chi connectivity index (χ2v) is 4.21. The molecular formula is C13H11ClFN3O. The molecule has 0 heterocycles. The number of hydrogen-bond acceptors (Lipinski definition) is 2. The zero-order valence-corrected chi connectivity index (χ0v) is 10.5. The average Bonchev–Trinajstić information content (AvgIpc) is 2.38. The predicted octanol–water partition coefficient (Wildman–Crippen LogP) is 3.71. The lowest BCUT2D eigenvalue weighted by Gasteiger charge is -2.09. The molecule has 2 rings (SSSR count). The van der Waals surface area contributed by atoms with Gasteiger partial charge < -0.3 is 16.4 Å². The van der Waals surface area contributed by atoms with Gasteiger partial charge in [0.1, 0.15) is 0 Å². The number of benzene rings is 2. The van der Waals surface area contributed by atoms with Crippen molar-refractivity contribution in [2.75, 3.05) is 16.4 Å². The number of halogens is 2. The fraction of sp³-hybridized carbons (Fsp3) is 0. The molecule has 0 aliphatic rings. The summed E-state index contributed by atoms with van der Waals surface area (Å²) in [5.41, 5.74) is 6.68. The van der Waals surface area contributed by atoms with Gasteiger partial charge in [0, 0.05) is 11.4 Å². The van der Waals surface area contributed by atoms with Crippen LogP contribution in [0, 0.1) is 5.82 Å². The van der Waals surface area contributed by atoms with Crippen molar-refractivity contribution in [3.8, 4) is 0 Å². The first-order valence-corrected chi connectivity index (χ1v) is 5.81. The molecule has 0 radical (unpaired) electrons. The SMILES string of the molecule is Nc1ccc(NC(=O)Nc2cccc(Cl)c2F)cc1. The van der Waals surface area contributed by atoms with Gasteiger partial charge in [-0.2, -0.15) is 0 Å². The molecule has 0 unspecified atom stereocenters. The summed E-state index contributed by atoms with van der Waals surface area (Å²) in [4.78, 5) is 11.7. The topological polar surface area (TPSA) is 67.1 Å². The number of carbonyl (C=O) groups excluding carboxylic acids is 1. The Morgan fingerprint density at radius 1 is 1.11 bits per heavy atom. The van der Waals surface area contributed by atoms with E-state index in [0.717, 1.165) is 0 Å². The molecule has 19 heavy (non-hydrogen) atoms. The first-order valence-electron chi connectivity index (χ1n) is 5.44. The summed E-state index contributed by atoms with van der Waals surface area (Å²) in [6.07, 6.45) is 0. The van der Waals surface area contributed by atoms with E-state index < -0.39 is 11.8 Å². The maximum Gasteiger partial charge on any atom is 0.323 e. The van der Waals surface area contributed by atoms with Gasteiger partial charge in [-0.25, -0.2) is 9.18 Å². The number of rotatable bonds is 2. The van der Waals surface area contributed by atoms with Gasteiger partial charge >= 0.3 is 6.03 Å². The van der Waals surface area contributed by atoms with Crippen LogP contribution in [0.5, 0.6) is 0 Å². The fourth-order valence-corrected chi connectivity index (χ4v) is 1.63. The van der Waals surface area contributed by atoms with Crippen molar-refractivity contribution >= 4 is 34.7 Å². The van der Waals surface area contributed by atoms with E-state index in [0.29, 0.717) is 11.4 Å². The Morgan fingerprint density at radius 3 is 2.47 bits per heavy atom. The van der Waals surface area contributed by atoms with Crippen LogP contribution in [0.4, 0.5) is 26.2 Å². The lowest BCUT2D eigenvalue weighted by molar-refractivity contribution is 0.262. The molecule has 0 bridgehead atoms. The molecule has 0 aliphatic carbocycles. The van der Waals surface area contributed by atoms with Crippen LogP contribution in [0.25, 0.3) is 0 Å². The lowest BCUT2D eigenvalue weighted by Crippen LogP contribution is -2.20. The first kappa shape index (κ1) is 13.2. The number of carbonyl (C=O) groups is 1. The zero-order valence-electron chi connectivity index (χ0n) is 9.78. The molecule has 0 fully saturated rings. The highest BCUT2D eigenvalue weighted by Gasteiger charge is 2.09. The molecule has 0 saturated carbocycles. The molecule has 0 aromatic heterocycles. The largest absolute Gasteiger partial charge is 0.399 e. The molecule has 0 saturated heterocycles. The summed E-state index contributed by atoms with van der Waals surface area (Å²) in [5, 5.41) is 4.87. The molecule has 2 aromatic carbocycles. The molecular weight excluding hydrogens is 269 g/mol. The van der Waals surface area contributed by atoms with Gasteiger partial charge in [-0.15, -0.1) is 0 Å². The third-order valence-electron chi connectivity index (χ3n) is 2.37. The molecule has 6 heteroatoms. The maximum absolute atomic E-state index is 13.6. The number of urea groups is 1. The van der Waals surface area contributed by atoms with Gasteiger partial charge in [0.05, 0.1) is 10.7 Å². The Hall–Kier alpha value is -2.27. The number of anilines is 3. The van der Waals surface area contributed by atoms with Crippen molar-refractivity contribution in [3.63, 3.8) is 0 Å². The standard InChI is InChI=1S/C13H11ClFN3O/c14-10-2-1-3-11(12(10)15)18-13(19)17-9-6-4-8(16)5-7-9/h1-7H,16H2,(H2,17,18,19). The minimum Gasteiger partial charge on any atom is -0.399 e. The van der Waals surface area contributed by atoms with E-state index in [1.165, 1.54) is 12.1 Å². The van der Waals surface area contributed by atoms with Crippen molar-refractivity contribution in [2.24, 2.45) is 0 Å². The fourth-order valence-electron chi connectivity index (χ4n) is 1.45. The Labute approximate surface area is 114 Å². The highest BCUT2D eigenvalue weighted by molar-refractivity contribution is 6.31. The van der Waals surface area contributed by atoms with Gasteiger partial charge in [0.25, 0.3) is 0 Å². The smallest absolute Gasteiger partial charge is 0.323 e. The van der Waals surface area contributed by atoms with Gasteiger partial charge in [-0.05, 0) is 36.4 Å². The summed E-state index contributed by atoms with van der Waals surface area (Å²) in [5.74, 6) is -0.670. The number of nitrogens with one attached hydrogen (secondary N) is 2. The summed E-state index contributed by atoms with van der Waals surface area (Å²) < 4.78 is 13.6. The van der Waals surface area contributed by atoms with Crippen molar-refractivity contribution in [2.45, 2.75) is 0 Å². The van der Waals surface area contributed by atoms with Crippen LogP contribution in [0.1, 0.15) is 0 Å². The quantitative estimate of drug-likeness (QED) is 0.734. The number of nitrogens with two attached hydrogens (primary N) is 1. The van der Waals surface area contributed by atoms with Crippen LogP contribution in [-0.2, 0) is 0 Å². The number of amides is 2. The Balaban J connectivity index is 2.05. The third-order valence-corrected chi connectivity index (χ3v) is 2.66. The molecule has 4 N–H and O–H groups in total. The predicted molar refractivity (Wildman–Crippen MR) is 74.9 cm³/mol. The van der Waals surface area contributed by atoms with Gasteiger partial charge in [0.2, 0.25) is 0 Å². The molecule has 0 aliphatic heterocycles. The zero-order chi connectivity index (χ0) is 13.8. The molecule has 2 aromatic rings. The van der Waals surface area contributed by atoms with Gasteiger partial charge in [0.15, 0.2) is 5.82 Å². The van der Waals surface area contributed by atoms with Crippen LogP contribution in [0.15, 0.2) is 42.5 Å². The molecule has 0 atom stereocenters. The molecule has 2 amide bonds. The highest BCUT2D eigenvalue weighted by Crippen LogP contribution is 2.22. The van der Waals surface area contributed by atoms with E-state index in [1.807, 2.05) is 0 Å². The Morgan fingerprint density at radius 2 is 1.79 bits per heavy atom. The Bertz CT molecular complexity index is 601. The average molecular weight is 280 g/mol. The van der Waals surface area contributed by atoms with Crippen molar-refractivity contribution < 1.29 is 9.18 Å². The van der Waals surface area contributed by atoms with E-state index in [1.54, 1.807) is 30.3 Å². The van der Waals surface area contributed by atoms with E-state index in [9.17, 15) is 9.18 Å². The van der Waals surface area contributed by atoms with Crippen LogP contribution in [0.3, 0.4) is 0 Å². The summed E-state index contributed by atoms with van der Waals surface area (Å²) in [7, 11) is 0. The van der Waals surface area contributed by atoms with Crippen molar-refractivity contribution in [3.05, 3.63) is 53.3 Å². The Kier molecular flexibility index (Phi) is 3.87. The normalized spacial score (nSPS) is 10.0. The first-order chi connectivity index (χ1) is 9.06. The van der Waals surface area contributed by atoms with E-state index in [-0.39, 0.29) is 10.7 Å². The van der Waals surface area contributed by atoms with Gasteiger partial charge in [-0.3, -0.25) is 0 Å². The minimum atomic E-state index is -0.670. The second-order valence-electron chi connectivity index (χ2n) is 3.80. The number of hydrogen-bond donors (Lipinski definition) is 3. The van der Waals surface area contributed by atoms with E-state index in [4.69, 9.17) is 17.3 Å². The van der Waals surface area contributed by atoms with Crippen molar-refractivity contribution in [1.82, 2.24) is 0 Å². The molecule has 98 valence electrons. The van der Waals surface area contributed by atoms with Crippen LogP contribution in [0.2, 0.25) is 5.02 Å². The second kappa shape index (κ2) is 5.58. The third kappa shape index (κ3) is 3.35. The summed E-state index contributed by atoms with van der Waals surface area (Å²) in [6.45, 7) is 0. The summed E-state index contributed by atoms with van der Waals surface area (Å²) in [6, 6.07) is 10.4. The molecule has 0 spiro atoms. The number of nitrogen functional groups attached to an aromatic ring is 1. The van der Waals surface area contributed by atoms with Gasteiger partial charge in [-0.1, -0.05) is 17.7 Å². The molecule has 4 nitrogen and oxygen atoms in total. The lowest BCUT2D eigenvalue weighted by atomic mass is 10.3. The summed E-state index contributed by atoms with van der Waals surface area (Å²) >= 11 is 5.61. The van der Waals surface area contributed by atoms with E-state index in [2.05, 4.69) is 10.6 Å². The highest BCUT2D eigenvalue weighted by atomic mass is 35.5. The van der Waals surface area contributed by atoms with Crippen molar-refractivity contribution in [1.29, 1.82) is 0 Å².